The van der Waals surface area contributed by atoms with Crippen LogP contribution in [0.4, 0.5) is 0 Å². The number of hydrogen-bond acceptors (Lipinski definition) is 3. The molecular formula is C30H32O4. The van der Waals surface area contributed by atoms with Crippen LogP contribution in [0.2, 0.25) is 0 Å². The van der Waals surface area contributed by atoms with Crippen LogP contribution in [-0.4, -0.2) is 16.2 Å². The Morgan fingerprint density at radius 2 is 1.50 bits per heavy atom. The molecule has 0 aliphatic carbocycles. The Morgan fingerprint density at radius 3 is 2.06 bits per heavy atom. The van der Waals surface area contributed by atoms with Crippen molar-refractivity contribution in [1.29, 1.82) is 0 Å². The Hall–Kier alpha value is -3.71. The quantitative estimate of drug-likeness (QED) is 0.318. The van der Waals surface area contributed by atoms with Gasteiger partial charge >= 0.3 is 5.97 Å². The fourth-order valence-electron chi connectivity index (χ4n) is 3.67. The minimum Gasteiger partial charge on any atom is -0.507 e. The Kier molecular flexibility index (Phi) is 9.17. The largest absolute Gasteiger partial charge is 0.507 e. The van der Waals surface area contributed by atoms with Crippen molar-refractivity contribution in [3.05, 3.63) is 94.5 Å². The number of aromatic carboxylic acids is 1. The Balaban J connectivity index is 1.71. The highest BCUT2D eigenvalue weighted by Gasteiger charge is 2.16. The van der Waals surface area contributed by atoms with Gasteiger partial charge in [0.05, 0.1) is 0 Å². The van der Waals surface area contributed by atoms with E-state index in [0.29, 0.717) is 5.75 Å². The zero-order valence-corrected chi connectivity index (χ0v) is 19.9. The smallest absolute Gasteiger partial charge is 0.339 e. The molecule has 3 aromatic carbocycles. The van der Waals surface area contributed by atoms with Crippen molar-refractivity contribution < 1.29 is 19.7 Å². The molecule has 0 saturated heterocycles. The van der Waals surface area contributed by atoms with Crippen LogP contribution in [0, 0.1) is 11.8 Å². The molecule has 34 heavy (non-hydrogen) atoms. The van der Waals surface area contributed by atoms with Crippen LogP contribution >= 0.6 is 0 Å². The number of aryl methyl sites for hydroxylation is 1. The highest BCUT2D eigenvalue weighted by molar-refractivity contribution is 5.90. The third-order valence-electron chi connectivity index (χ3n) is 5.70. The summed E-state index contributed by atoms with van der Waals surface area (Å²) >= 11 is 0. The first-order valence-electron chi connectivity index (χ1n) is 11.9. The van der Waals surface area contributed by atoms with Crippen LogP contribution in [0.15, 0.2) is 66.7 Å². The molecule has 0 fully saturated rings. The predicted octanol–water partition coefficient (Wildman–Crippen LogP) is 7.14. The van der Waals surface area contributed by atoms with Crippen LogP contribution in [-0.2, 0) is 6.42 Å². The third kappa shape index (κ3) is 7.15. The van der Waals surface area contributed by atoms with Crippen LogP contribution < -0.4 is 4.74 Å². The van der Waals surface area contributed by atoms with Crippen molar-refractivity contribution in [2.45, 2.75) is 58.5 Å². The number of phenols is 1. The molecule has 0 aliphatic heterocycles. The number of carboxylic acids is 1. The molecule has 3 rings (SSSR count). The average Bonchev–Trinajstić information content (AvgIpc) is 2.85. The first-order valence-corrected chi connectivity index (χ1v) is 11.9. The van der Waals surface area contributed by atoms with Crippen molar-refractivity contribution in [2.75, 3.05) is 0 Å². The van der Waals surface area contributed by atoms with Crippen LogP contribution in [0.1, 0.15) is 84.7 Å². The fraction of sp³-hybridized carbons (Fsp3) is 0.300. The molecule has 3 aromatic rings. The molecule has 0 radical (unpaired) electrons. The summed E-state index contributed by atoms with van der Waals surface area (Å²) in [5.41, 5.74) is 4.15. The van der Waals surface area contributed by atoms with Crippen molar-refractivity contribution in [1.82, 2.24) is 0 Å². The van der Waals surface area contributed by atoms with E-state index < -0.39 is 5.97 Å². The standard InChI is InChI=1S/C30H32O4/c1-3-5-7-22-9-11-23(12-10-22)13-14-24-15-17-25(18-16-24)29(8-6-4-2)34-26-19-20-27(30(32)33)28(31)21-26/h9-12,15-21,29,31H,3-8H2,1-2H3,(H,32,33). The molecule has 1 atom stereocenters. The Labute approximate surface area is 202 Å². The van der Waals surface area contributed by atoms with Crippen molar-refractivity contribution in [3.63, 3.8) is 0 Å². The number of unbranched alkanes of at least 4 members (excludes halogenated alkanes) is 2. The predicted molar refractivity (Wildman–Crippen MR) is 135 cm³/mol. The van der Waals surface area contributed by atoms with E-state index in [-0.39, 0.29) is 17.4 Å². The fourth-order valence-corrected chi connectivity index (χ4v) is 3.67. The minimum absolute atomic E-state index is 0.143. The Bertz CT molecular complexity index is 1140. The van der Waals surface area contributed by atoms with Gasteiger partial charge in [-0.05, 0) is 73.2 Å². The first-order chi connectivity index (χ1) is 16.5. The molecule has 176 valence electrons. The van der Waals surface area contributed by atoms with Gasteiger partial charge in [0.2, 0.25) is 0 Å². The number of ether oxygens (including phenoxy) is 1. The number of carbonyl (C=O) groups is 1. The molecule has 0 spiro atoms. The molecule has 0 amide bonds. The summed E-state index contributed by atoms with van der Waals surface area (Å²) in [4.78, 5) is 11.1. The number of aromatic hydroxyl groups is 1. The summed E-state index contributed by atoms with van der Waals surface area (Å²) in [6.07, 6.45) is 6.14. The van der Waals surface area contributed by atoms with Gasteiger partial charge in [0.15, 0.2) is 0 Å². The molecule has 4 heteroatoms. The molecule has 2 N–H and O–H groups in total. The van der Waals surface area contributed by atoms with Gasteiger partial charge in [-0.3, -0.25) is 0 Å². The lowest BCUT2D eigenvalue weighted by Crippen LogP contribution is -2.08. The molecule has 0 aliphatic rings. The van der Waals surface area contributed by atoms with Gasteiger partial charge in [-0.1, -0.05) is 62.8 Å². The highest BCUT2D eigenvalue weighted by atomic mass is 16.5. The number of carboxylic acid groups (broad SMARTS) is 1. The monoisotopic (exact) mass is 456 g/mol. The second-order valence-electron chi connectivity index (χ2n) is 8.41. The summed E-state index contributed by atoms with van der Waals surface area (Å²) in [7, 11) is 0. The van der Waals surface area contributed by atoms with E-state index in [9.17, 15) is 9.90 Å². The molecular weight excluding hydrogens is 424 g/mol. The van der Waals surface area contributed by atoms with E-state index in [1.165, 1.54) is 30.5 Å². The molecule has 1 unspecified atom stereocenters. The normalized spacial score (nSPS) is 11.4. The van der Waals surface area contributed by atoms with E-state index >= 15 is 0 Å². The maximum Gasteiger partial charge on any atom is 0.339 e. The van der Waals surface area contributed by atoms with E-state index in [1.54, 1.807) is 6.07 Å². The summed E-state index contributed by atoms with van der Waals surface area (Å²) in [6.45, 7) is 4.33. The minimum atomic E-state index is -1.17. The first kappa shape index (κ1) is 24.9. The van der Waals surface area contributed by atoms with Crippen LogP contribution in [0.5, 0.6) is 11.5 Å². The molecule has 0 saturated carbocycles. The van der Waals surface area contributed by atoms with Gasteiger partial charge in [0, 0.05) is 17.2 Å². The van der Waals surface area contributed by atoms with Crippen LogP contribution in [0.3, 0.4) is 0 Å². The van der Waals surface area contributed by atoms with Crippen molar-refractivity contribution in [3.8, 4) is 23.3 Å². The number of benzene rings is 3. The van der Waals surface area contributed by atoms with Gasteiger partial charge in [-0.15, -0.1) is 0 Å². The average molecular weight is 457 g/mol. The van der Waals surface area contributed by atoms with Gasteiger partial charge in [-0.25, -0.2) is 4.79 Å². The van der Waals surface area contributed by atoms with Crippen molar-refractivity contribution >= 4 is 5.97 Å². The van der Waals surface area contributed by atoms with Gasteiger partial charge < -0.3 is 14.9 Å². The van der Waals surface area contributed by atoms with Crippen molar-refractivity contribution in [2.24, 2.45) is 0 Å². The maximum atomic E-state index is 11.1. The highest BCUT2D eigenvalue weighted by Crippen LogP contribution is 2.30. The van der Waals surface area contributed by atoms with E-state index in [0.717, 1.165) is 42.4 Å². The van der Waals surface area contributed by atoms with E-state index in [4.69, 9.17) is 9.84 Å². The lowest BCUT2D eigenvalue weighted by Gasteiger charge is -2.20. The number of rotatable bonds is 10. The molecule has 0 heterocycles. The summed E-state index contributed by atoms with van der Waals surface area (Å²) < 4.78 is 6.14. The maximum absolute atomic E-state index is 11.1. The zero-order chi connectivity index (χ0) is 24.3. The summed E-state index contributed by atoms with van der Waals surface area (Å²) in [6, 6.07) is 20.8. The third-order valence-corrected chi connectivity index (χ3v) is 5.70. The lowest BCUT2D eigenvalue weighted by atomic mass is 10.0. The van der Waals surface area contributed by atoms with Gasteiger partial charge in [-0.2, -0.15) is 0 Å². The Morgan fingerprint density at radius 1 is 0.882 bits per heavy atom. The van der Waals surface area contributed by atoms with E-state index in [1.807, 2.05) is 24.3 Å². The molecule has 4 nitrogen and oxygen atoms in total. The number of hydrogen-bond donors (Lipinski definition) is 2. The topological polar surface area (TPSA) is 66.8 Å². The molecule has 0 bridgehead atoms. The zero-order valence-electron chi connectivity index (χ0n) is 19.9. The lowest BCUT2D eigenvalue weighted by molar-refractivity contribution is 0.0693. The summed E-state index contributed by atoms with van der Waals surface area (Å²) in [5.74, 6) is 5.42. The second-order valence-corrected chi connectivity index (χ2v) is 8.41. The van der Waals surface area contributed by atoms with Crippen LogP contribution in [0.25, 0.3) is 0 Å². The van der Waals surface area contributed by atoms with E-state index in [2.05, 4.69) is 50.0 Å². The summed E-state index contributed by atoms with van der Waals surface area (Å²) in [5, 5.41) is 19.1. The SMILES string of the molecule is CCCCc1ccc(C#Cc2ccc(C(CCCC)Oc3ccc(C(=O)O)c(O)c3)cc2)cc1. The van der Waals surface area contributed by atoms with Gasteiger partial charge in [0.25, 0.3) is 0 Å². The van der Waals surface area contributed by atoms with Gasteiger partial charge in [0.1, 0.15) is 23.2 Å². The molecule has 0 aromatic heterocycles. The second kappa shape index (κ2) is 12.5.